The number of benzene rings is 6. The molecular formula is C30H18N2. The Kier molecular flexibility index (Phi) is 3.58. The molecule has 2 heteroatoms. The summed E-state index contributed by atoms with van der Waals surface area (Å²) >= 11 is 0. The summed E-state index contributed by atoms with van der Waals surface area (Å²) in [7, 11) is 0. The second-order valence-electron chi connectivity index (χ2n) is 8.30. The van der Waals surface area contributed by atoms with E-state index in [2.05, 4.69) is 108 Å². The van der Waals surface area contributed by atoms with E-state index in [-0.39, 0.29) is 0 Å². The van der Waals surface area contributed by atoms with Gasteiger partial charge in [-0.25, -0.2) is 0 Å². The molecule has 0 spiro atoms. The van der Waals surface area contributed by atoms with Gasteiger partial charge in [-0.1, -0.05) is 103 Å². The van der Waals surface area contributed by atoms with Crippen LogP contribution in [0.3, 0.4) is 0 Å². The third-order valence-electron chi connectivity index (χ3n) is 6.57. The Morgan fingerprint density at radius 2 is 1.03 bits per heavy atom. The van der Waals surface area contributed by atoms with Gasteiger partial charge in [-0.2, -0.15) is 5.10 Å². The zero-order valence-corrected chi connectivity index (χ0v) is 17.3. The lowest BCUT2D eigenvalue weighted by atomic mass is 9.92. The zero-order valence-electron chi connectivity index (χ0n) is 17.3. The molecule has 0 heterocycles. The van der Waals surface area contributed by atoms with Crippen molar-refractivity contribution in [1.82, 2.24) is 0 Å². The van der Waals surface area contributed by atoms with E-state index >= 15 is 0 Å². The van der Waals surface area contributed by atoms with Crippen LogP contribution in [0, 0.1) is 0 Å². The van der Waals surface area contributed by atoms with Crippen molar-refractivity contribution in [3.8, 4) is 11.1 Å². The van der Waals surface area contributed by atoms with E-state index in [1.54, 1.807) is 0 Å². The topological polar surface area (TPSA) is 24.7 Å². The van der Waals surface area contributed by atoms with Gasteiger partial charge in [0.2, 0.25) is 0 Å². The molecule has 0 bridgehead atoms. The van der Waals surface area contributed by atoms with E-state index in [9.17, 15) is 0 Å². The van der Waals surface area contributed by atoms with Crippen molar-refractivity contribution in [3.63, 3.8) is 0 Å². The Morgan fingerprint density at radius 3 is 1.72 bits per heavy atom. The first-order chi connectivity index (χ1) is 15.9. The summed E-state index contributed by atoms with van der Waals surface area (Å²) in [5.41, 5.74) is 6.74. The lowest BCUT2D eigenvalue weighted by molar-refractivity contribution is 1.25. The van der Waals surface area contributed by atoms with Gasteiger partial charge in [0.25, 0.3) is 0 Å². The number of hydrogen-bond acceptors (Lipinski definition) is 2. The fourth-order valence-corrected chi connectivity index (χ4v) is 5.12. The van der Waals surface area contributed by atoms with Gasteiger partial charge in [0, 0.05) is 16.7 Å². The van der Waals surface area contributed by atoms with Crippen molar-refractivity contribution in [2.75, 3.05) is 0 Å². The van der Waals surface area contributed by atoms with E-state index in [0.29, 0.717) is 0 Å². The maximum absolute atomic E-state index is 4.70. The third kappa shape index (κ3) is 2.41. The highest BCUT2D eigenvalue weighted by Gasteiger charge is 2.23. The normalized spacial score (nSPS) is 12.8. The number of fused-ring (bicyclic) bond motifs is 3. The molecule has 0 amide bonds. The molecule has 6 aromatic rings. The minimum Gasteiger partial charge on any atom is -0.158 e. The molecule has 148 valence electrons. The predicted octanol–water partition coefficient (Wildman–Crippen LogP) is 7.44. The molecular weight excluding hydrogens is 388 g/mol. The maximum Gasteiger partial charge on any atom is 0.101 e. The van der Waals surface area contributed by atoms with Crippen LogP contribution >= 0.6 is 0 Å². The Hall–Kier alpha value is -4.30. The van der Waals surface area contributed by atoms with Crippen molar-refractivity contribution in [3.05, 3.63) is 120 Å². The summed E-state index contributed by atoms with van der Waals surface area (Å²) in [6, 6.07) is 36.5. The monoisotopic (exact) mass is 406 g/mol. The molecule has 0 aliphatic heterocycles. The summed E-state index contributed by atoms with van der Waals surface area (Å²) in [5, 5.41) is 16.9. The van der Waals surface area contributed by atoms with Gasteiger partial charge >= 0.3 is 0 Å². The molecule has 6 aromatic carbocycles. The quantitative estimate of drug-likeness (QED) is 0.162. The molecule has 0 atom stereocenters. The Bertz CT molecular complexity index is 1660. The maximum atomic E-state index is 4.70. The number of rotatable bonds is 2. The van der Waals surface area contributed by atoms with Gasteiger partial charge in [0.05, 0.1) is 6.21 Å². The summed E-state index contributed by atoms with van der Waals surface area (Å²) in [5.74, 6) is 0. The van der Waals surface area contributed by atoms with E-state index in [4.69, 9.17) is 5.10 Å². The van der Waals surface area contributed by atoms with Crippen molar-refractivity contribution in [2.45, 2.75) is 0 Å². The molecule has 32 heavy (non-hydrogen) atoms. The molecule has 0 fully saturated rings. The molecule has 0 saturated carbocycles. The van der Waals surface area contributed by atoms with Crippen LogP contribution < -0.4 is 0 Å². The highest BCUT2D eigenvalue weighted by Crippen LogP contribution is 2.37. The molecule has 2 nitrogen and oxygen atoms in total. The predicted molar refractivity (Wildman–Crippen MR) is 135 cm³/mol. The molecule has 0 aromatic heterocycles. The zero-order chi connectivity index (χ0) is 21.1. The second-order valence-corrected chi connectivity index (χ2v) is 8.30. The Labute approximate surface area is 185 Å². The van der Waals surface area contributed by atoms with Crippen molar-refractivity contribution < 1.29 is 0 Å². The number of hydrogen-bond donors (Lipinski definition) is 0. The lowest BCUT2D eigenvalue weighted by Crippen LogP contribution is -1.97. The standard InChI is InChI=1S/C30H18N2/c1-3-10-26-24(8-1)25-9-2-4-11-27(25)30(26)32-31-18-22-15-14-21-13-12-19-6-5-7-20-16-17-23(22)29(21)28(19)20/h1-18H/b31-18+. The Morgan fingerprint density at radius 1 is 0.469 bits per heavy atom. The van der Waals surface area contributed by atoms with Crippen molar-refractivity contribution in [2.24, 2.45) is 10.2 Å². The summed E-state index contributed by atoms with van der Waals surface area (Å²) < 4.78 is 0. The molecule has 0 saturated heterocycles. The largest absolute Gasteiger partial charge is 0.158 e. The van der Waals surface area contributed by atoms with E-state index in [0.717, 1.165) is 22.4 Å². The van der Waals surface area contributed by atoms with Crippen LogP contribution in [0.1, 0.15) is 16.7 Å². The van der Waals surface area contributed by atoms with Gasteiger partial charge in [-0.15, -0.1) is 5.10 Å². The molecule has 1 aliphatic rings. The minimum absolute atomic E-state index is 0.935. The van der Waals surface area contributed by atoms with E-state index in [1.807, 2.05) is 6.21 Å². The van der Waals surface area contributed by atoms with Gasteiger partial charge in [-0.3, -0.25) is 0 Å². The summed E-state index contributed by atoms with van der Waals surface area (Å²) in [6.45, 7) is 0. The first-order valence-corrected chi connectivity index (χ1v) is 10.9. The van der Waals surface area contributed by atoms with Crippen LogP contribution in [0.5, 0.6) is 0 Å². The van der Waals surface area contributed by atoms with Crippen LogP contribution in [-0.4, -0.2) is 11.9 Å². The smallest absolute Gasteiger partial charge is 0.101 e. The third-order valence-corrected chi connectivity index (χ3v) is 6.57. The van der Waals surface area contributed by atoms with E-state index < -0.39 is 0 Å². The molecule has 0 unspecified atom stereocenters. The average molecular weight is 406 g/mol. The van der Waals surface area contributed by atoms with Gasteiger partial charge in [0.1, 0.15) is 5.71 Å². The average Bonchev–Trinajstić information content (AvgIpc) is 3.17. The van der Waals surface area contributed by atoms with Crippen LogP contribution in [0.15, 0.2) is 113 Å². The Balaban J connectivity index is 1.39. The summed E-state index contributed by atoms with van der Waals surface area (Å²) in [4.78, 5) is 0. The fourth-order valence-electron chi connectivity index (χ4n) is 5.12. The highest BCUT2D eigenvalue weighted by molar-refractivity contribution is 6.26. The van der Waals surface area contributed by atoms with Gasteiger partial charge < -0.3 is 0 Å². The first-order valence-electron chi connectivity index (χ1n) is 10.9. The van der Waals surface area contributed by atoms with Crippen molar-refractivity contribution in [1.29, 1.82) is 0 Å². The second kappa shape index (κ2) is 6.60. The van der Waals surface area contributed by atoms with Crippen LogP contribution in [0.25, 0.3) is 43.4 Å². The number of nitrogens with zero attached hydrogens (tertiary/aromatic N) is 2. The lowest BCUT2D eigenvalue weighted by Gasteiger charge is -2.11. The molecule has 7 rings (SSSR count). The van der Waals surface area contributed by atoms with E-state index in [1.165, 1.54) is 43.4 Å². The first kappa shape index (κ1) is 17.4. The molecule has 1 aliphatic carbocycles. The van der Waals surface area contributed by atoms with Gasteiger partial charge in [-0.05, 0) is 43.4 Å². The molecule has 0 N–H and O–H groups in total. The van der Waals surface area contributed by atoms with Gasteiger partial charge in [0.15, 0.2) is 0 Å². The fraction of sp³-hybridized carbons (Fsp3) is 0. The van der Waals surface area contributed by atoms with Crippen LogP contribution in [0.2, 0.25) is 0 Å². The van der Waals surface area contributed by atoms with Crippen LogP contribution in [0.4, 0.5) is 0 Å². The van der Waals surface area contributed by atoms with Crippen molar-refractivity contribution >= 4 is 44.2 Å². The van der Waals surface area contributed by atoms with Crippen LogP contribution in [-0.2, 0) is 0 Å². The highest BCUT2D eigenvalue weighted by atomic mass is 15.2. The minimum atomic E-state index is 0.935. The SMILES string of the molecule is C(=N\N=C1c2ccccc2-c2ccccc21)/c1ccc2ccc3cccc4ccc1c2c34. The molecule has 0 radical (unpaired) electrons. The summed E-state index contributed by atoms with van der Waals surface area (Å²) in [6.07, 6.45) is 1.89.